The van der Waals surface area contributed by atoms with E-state index < -0.39 is 5.79 Å². The summed E-state index contributed by atoms with van der Waals surface area (Å²) in [6.07, 6.45) is 0.689. The smallest absolute Gasteiger partial charge is 0.205 e. The zero-order valence-electron chi connectivity index (χ0n) is 7.66. The van der Waals surface area contributed by atoms with Gasteiger partial charge in [-0.2, -0.15) is 0 Å². The van der Waals surface area contributed by atoms with Gasteiger partial charge < -0.3 is 14.6 Å². The summed E-state index contributed by atoms with van der Waals surface area (Å²) in [6, 6.07) is 0. The molecule has 0 amide bonds. The van der Waals surface area contributed by atoms with E-state index in [-0.39, 0.29) is 17.6 Å². The van der Waals surface area contributed by atoms with Crippen LogP contribution in [0.5, 0.6) is 0 Å². The second-order valence-electron chi connectivity index (χ2n) is 3.78. The van der Waals surface area contributed by atoms with Gasteiger partial charge in [0.2, 0.25) is 11.6 Å². The number of hydrogen-bond donors (Lipinski definition) is 1. The standard InChI is InChI=1S/C9H12O4/c1-9(2)12-6-4-3-5(10)7(11)8(6)13-9/h6,11H,3-4H2,1-2H3. The molecule has 13 heavy (non-hydrogen) atoms. The molecule has 2 aliphatic rings. The molecule has 1 N–H and O–H groups in total. The summed E-state index contributed by atoms with van der Waals surface area (Å²) >= 11 is 0. The molecule has 4 nitrogen and oxygen atoms in total. The molecular formula is C9H12O4. The Balaban J connectivity index is 2.35. The van der Waals surface area contributed by atoms with Crippen LogP contribution in [0.3, 0.4) is 0 Å². The Morgan fingerprint density at radius 2 is 2.23 bits per heavy atom. The average molecular weight is 184 g/mol. The Morgan fingerprint density at radius 1 is 1.54 bits per heavy atom. The van der Waals surface area contributed by atoms with Gasteiger partial charge in [0.1, 0.15) is 6.10 Å². The number of carbonyl (C=O) groups excluding carboxylic acids is 1. The van der Waals surface area contributed by atoms with Crippen molar-refractivity contribution in [3.8, 4) is 0 Å². The minimum Gasteiger partial charge on any atom is -0.502 e. The molecule has 0 saturated carbocycles. The van der Waals surface area contributed by atoms with Crippen LogP contribution in [0.15, 0.2) is 11.5 Å². The van der Waals surface area contributed by atoms with Gasteiger partial charge in [0.15, 0.2) is 11.5 Å². The number of ketones is 1. The van der Waals surface area contributed by atoms with Crippen molar-refractivity contribution >= 4 is 5.78 Å². The number of hydrogen-bond acceptors (Lipinski definition) is 4. The predicted molar refractivity (Wildman–Crippen MR) is 43.9 cm³/mol. The molecule has 4 heteroatoms. The highest BCUT2D eigenvalue weighted by Gasteiger charge is 2.43. The lowest BCUT2D eigenvalue weighted by atomic mass is 10.0. The molecular weight excluding hydrogens is 172 g/mol. The fraction of sp³-hybridized carbons (Fsp3) is 0.667. The van der Waals surface area contributed by atoms with Crippen molar-refractivity contribution in [3.05, 3.63) is 11.5 Å². The zero-order chi connectivity index (χ0) is 9.64. The highest BCUT2D eigenvalue weighted by molar-refractivity contribution is 5.94. The van der Waals surface area contributed by atoms with Crippen molar-refractivity contribution in [3.63, 3.8) is 0 Å². The van der Waals surface area contributed by atoms with E-state index in [0.717, 1.165) is 0 Å². The second kappa shape index (κ2) is 2.48. The maximum Gasteiger partial charge on any atom is 0.205 e. The Labute approximate surface area is 76.1 Å². The maximum atomic E-state index is 11.1. The molecule has 1 aliphatic carbocycles. The largest absolute Gasteiger partial charge is 0.502 e. The van der Waals surface area contributed by atoms with E-state index in [0.29, 0.717) is 18.6 Å². The molecule has 1 atom stereocenters. The Kier molecular flexibility index (Phi) is 1.63. The van der Waals surface area contributed by atoms with Crippen molar-refractivity contribution in [2.24, 2.45) is 0 Å². The molecule has 2 rings (SSSR count). The van der Waals surface area contributed by atoms with Gasteiger partial charge in [-0.25, -0.2) is 0 Å². The Morgan fingerprint density at radius 3 is 2.92 bits per heavy atom. The second-order valence-corrected chi connectivity index (χ2v) is 3.78. The van der Waals surface area contributed by atoms with E-state index in [1.54, 1.807) is 13.8 Å². The van der Waals surface area contributed by atoms with Crippen LogP contribution in [0.4, 0.5) is 0 Å². The van der Waals surface area contributed by atoms with E-state index >= 15 is 0 Å². The van der Waals surface area contributed by atoms with Gasteiger partial charge in [0.05, 0.1) is 0 Å². The van der Waals surface area contributed by atoms with Crippen LogP contribution in [0.25, 0.3) is 0 Å². The molecule has 0 aromatic heterocycles. The molecule has 1 aliphatic heterocycles. The van der Waals surface area contributed by atoms with Gasteiger partial charge >= 0.3 is 0 Å². The van der Waals surface area contributed by atoms with Gasteiger partial charge in [-0.1, -0.05) is 0 Å². The van der Waals surface area contributed by atoms with Crippen LogP contribution in [-0.4, -0.2) is 22.8 Å². The van der Waals surface area contributed by atoms with E-state index in [4.69, 9.17) is 9.47 Å². The van der Waals surface area contributed by atoms with E-state index in [9.17, 15) is 9.90 Å². The van der Waals surface area contributed by atoms with Crippen molar-refractivity contribution < 1.29 is 19.4 Å². The first kappa shape index (κ1) is 8.56. The topological polar surface area (TPSA) is 55.8 Å². The van der Waals surface area contributed by atoms with Gasteiger partial charge in [-0.15, -0.1) is 0 Å². The number of Topliss-reactive ketones (excluding diaryl/α,β-unsaturated/α-hetero) is 1. The SMILES string of the molecule is CC1(C)OC2=C(O)C(=O)CCC2O1. The minimum atomic E-state index is -0.724. The van der Waals surface area contributed by atoms with Crippen LogP contribution in [0, 0.1) is 0 Å². The first-order valence-electron chi connectivity index (χ1n) is 4.33. The summed E-state index contributed by atoms with van der Waals surface area (Å²) in [7, 11) is 0. The lowest BCUT2D eigenvalue weighted by Crippen LogP contribution is -2.23. The first-order chi connectivity index (χ1) is 5.99. The average Bonchev–Trinajstić information content (AvgIpc) is 2.34. The molecule has 1 fully saturated rings. The van der Waals surface area contributed by atoms with Crippen molar-refractivity contribution in [1.29, 1.82) is 0 Å². The maximum absolute atomic E-state index is 11.1. The lowest BCUT2D eigenvalue weighted by molar-refractivity contribution is -0.134. The van der Waals surface area contributed by atoms with Gasteiger partial charge in [-0.3, -0.25) is 4.79 Å². The summed E-state index contributed by atoms with van der Waals surface area (Å²) in [5, 5.41) is 9.41. The van der Waals surface area contributed by atoms with Crippen LogP contribution in [0.1, 0.15) is 26.7 Å². The number of aliphatic hydroxyl groups is 1. The van der Waals surface area contributed by atoms with Crippen LogP contribution >= 0.6 is 0 Å². The number of carbonyl (C=O) groups is 1. The molecule has 0 aromatic carbocycles. The quantitative estimate of drug-likeness (QED) is 0.616. The molecule has 1 heterocycles. The van der Waals surface area contributed by atoms with E-state index in [1.165, 1.54) is 0 Å². The van der Waals surface area contributed by atoms with Gasteiger partial charge in [0.25, 0.3) is 0 Å². The number of rotatable bonds is 0. The van der Waals surface area contributed by atoms with Gasteiger partial charge in [-0.05, 0) is 6.42 Å². The zero-order valence-corrected chi connectivity index (χ0v) is 7.66. The molecule has 0 bridgehead atoms. The highest BCUT2D eigenvalue weighted by atomic mass is 16.7. The fourth-order valence-corrected chi connectivity index (χ4v) is 1.66. The summed E-state index contributed by atoms with van der Waals surface area (Å²) in [5.41, 5.74) is 0. The monoisotopic (exact) mass is 184 g/mol. The highest BCUT2D eigenvalue weighted by Crippen LogP contribution is 2.37. The van der Waals surface area contributed by atoms with Crippen molar-refractivity contribution in [2.75, 3.05) is 0 Å². The lowest BCUT2D eigenvalue weighted by Gasteiger charge is -2.15. The first-order valence-corrected chi connectivity index (χ1v) is 4.33. The third-order valence-corrected chi connectivity index (χ3v) is 2.21. The third kappa shape index (κ3) is 1.31. The number of allylic oxidation sites excluding steroid dienone is 1. The molecule has 0 spiro atoms. The predicted octanol–water partition coefficient (Wildman–Crippen LogP) is 1.27. The molecule has 1 unspecified atom stereocenters. The van der Waals surface area contributed by atoms with Crippen LogP contribution in [-0.2, 0) is 14.3 Å². The Bertz CT molecular complexity index is 290. The molecule has 0 aromatic rings. The summed E-state index contributed by atoms with van der Waals surface area (Å²) in [5.74, 6) is -0.936. The molecule has 72 valence electrons. The summed E-state index contributed by atoms with van der Waals surface area (Å²) in [4.78, 5) is 11.1. The van der Waals surface area contributed by atoms with Crippen LogP contribution < -0.4 is 0 Å². The van der Waals surface area contributed by atoms with Gasteiger partial charge in [0, 0.05) is 20.3 Å². The van der Waals surface area contributed by atoms with Crippen molar-refractivity contribution in [1.82, 2.24) is 0 Å². The number of aliphatic hydroxyl groups excluding tert-OH is 1. The third-order valence-electron chi connectivity index (χ3n) is 2.21. The molecule has 1 saturated heterocycles. The fourth-order valence-electron chi connectivity index (χ4n) is 1.66. The Hall–Kier alpha value is -1.03. The molecule has 0 radical (unpaired) electrons. The van der Waals surface area contributed by atoms with E-state index in [1.807, 2.05) is 0 Å². The number of ether oxygens (including phenoxy) is 2. The minimum absolute atomic E-state index is 0.243. The number of fused-ring (bicyclic) bond motifs is 1. The summed E-state index contributed by atoms with van der Waals surface area (Å²) < 4.78 is 10.8. The normalized spacial score (nSPS) is 31.5. The van der Waals surface area contributed by atoms with Crippen molar-refractivity contribution in [2.45, 2.75) is 38.6 Å². The summed E-state index contributed by atoms with van der Waals surface area (Å²) in [6.45, 7) is 3.52. The van der Waals surface area contributed by atoms with Crippen LogP contribution in [0.2, 0.25) is 0 Å². The van der Waals surface area contributed by atoms with E-state index in [2.05, 4.69) is 0 Å².